The van der Waals surface area contributed by atoms with Crippen molar-refractivity contribution in [2.45, 2.75) is 17.1 Å². The van der Waals surface area contributed by atoms with Crippen LogP contribution in [0, 0.1) is 6.92 Å². The van der Waals surface area contributed by atoms with Gasteiger partial charge in [0.1, 0.15) is 5.03 Å². The van der Waals surface area contributed by atoms with Crippen molar-refractivity contribution in [3.05, 3.63) is 30.1 Å². The second kappa shape index (κ2) is 5.01. The van der Waals surface area contributed by atoms with E-state index in [1.54, 1.807) is 31.6 Å². The molecule has 2 heterocycles. The maximum atomic E-state index is 5.83. The van der Waals surface area contributed by atoms with Crippen molar-refractivity contribution in [3.63, 3.8) is 0 Å². The number of anilines is 1. The van der Waals surface area contributed by atoms with Crippen LogP contribution in [0.25, 0.3) is 0 Å². The van der Waals surface area contributed by atoms with E-state index in [0.29, 0.717) is 21.7 Å². The summed E-state index contributed by atoms with van der Waals surface area (Å²) in [4.78, 5) is 12.6. The van der Waals surface area contributed by atoms with E-state index in [-0.39, 0.29) is 0 Å². The van der Waals surface area contributed by atoms with Crippen LogP contribution < -0.4 is 10.5 Å². The summed E-state index contributed by atoms with van der Waals surface area (Å²) in [6.07, 6.45) is 3.51. The Bertz CT molecular complexity index is 515. The highest BCUT2D eigenvalue weighted by molar-refractivity contribution is 7.99. The van der Waals surface area contributed by atoms with Gasteiger partial charge in [-0.1, -0.05) is 0 Å². The highest BCUT2D eigenvalue weighted by Gasteiger charge is 2.07. The summed E-state index contributed by atoms with van der Waals surface area (Å²) in [7, 11) is 1.56. The monoisotopic (exact) mass is 248 g/mol. The largest absolute Gasteiger partial charge is 0.481 e. The van der Waals surface area contributed by atoms with Crippen LogP contribution in [0.1, 0.15) is 5.56 Å². The van der Waals surface area contributed by atoms with Crippen molar-refractivity contribution in [1.29, 1.82) is 0 Å². The topological polar surface area (TPSA) is 73.9 Å². The van der Waals surface area contributed by atoms with Crippen LogP contribution in [0.5, 0.6) is 5.88 Å². The minimum Gasteiger partial charge on any atom is -0.481 e. The lowest BCUT2D eigenvalue weighted by Crippen LogP contribution is -1.96. The fraction of sp³-hybridized carbons (Fsp3) is 0.182. The summed E-state index contributed by atoms with van der Waals surface area (Å²) < 4.78 is 5.05. The first-order chi connectivity index (χ1) is 8.19. The molecule has 2 rings (SSSR count). The number of aryl methyl sites for hydroxylation is 1. The first-order valence-electron chi connectivity index (χ1n) is 4.96. The third kappa shape index (κ3) is 2.85. The van der Waals surface area contributed by atoms with Gasteiger partial charge in [0, 0.05) is 18.5 Å². The number of methoxy groups -OCH3 is 1. The van der Waals surface area contributed by atoms with Gasteiger partial charge in [-0.25, -0.2) is 15.0 Å². The molecule has 88 valence electrons. The van der Waals surface area contributed by atoms with Crippen LogP contribution in [-0.4, -0.2) is 22.1 Å². The number of nitrogens with two attached hydrogens (primary N) is 1. The number of hydrogen-bond donors (Lipinski definition) is 1. The molecule has 2 aromatic rings. The number of aromatic nitrogens is 3. The second-order valence-electron chi connectivity index (χ2n) is 3.39. The Morgan fingerprint density at radius 3 is 2.59 bits per heavy atom. The van der Waals surface area contributed by atoms with E-state index in [0.717, 1.165) is 5.56 Å². The standard InChI is InChI=1S/C11H12N4OS/c1-7-5-13-11(14-6-7)17-10-8(12)3-4-9(15-10)16-2/h3-6H,12H2,1-2H3. The van der Waals surface area contributed by atoms with Crippen molar-refractivity contribution in [3.8, 4) is 5.88 Å². The van der Waals surface area contributed by atoms with Gasteiger partial charge in [-0.3, -0.25) is 0 Å². The number of rotatable bonds is 3. The van der Waals surface area contributed by atoms with E-state index in [1.807, 2.05) is 6.92 Å². The van der Waals surface area contributed by atoms with E-state index < -0.39 is 0 Å². The maximum absolute atomic E-state index is 5.83. The lowest BCUT2D eigenvalue weighted by atomic mass is 10.4. The molecule has 0 aromatic carbocycles. The summed E-state index contributed by atoms with van der Waals surface area (Å²) >= 11 is 1.31. The molecule has 2 N–H and O–H groups in total. The highest BCUT2D eigenvalue weighted by atomic mass is 32.2. The van der Waals surface area contributed by atoms with Crippen LogP contribution in [0.3, 0.4) is 0 Å². The number of hydrogen-bond acceptors (Lipinski definition) is 6. The quantitative estimate of drug-likeness (QED) is 0.836. The normalized spacial score (nSPS) is 10.2. The van der Waals surface area contributed by atoms with E-state index in [1.165, 1.54) is 11.8 Å². The molecule has 0 radical (unpaired) electrons. The molecule has 0 saturated carbocycles. The summed E-state index contributed by atoms with van der Waals surface area (Å²) in [5.74, 6) is 0.522. The molecule has 0 spiro atoms. The molecule has 2 aromatic heterocycles. The zero-order chi connectivity index (χ0) is 12.3. The Morgan fingerprint density at radius 2 is 1.94 bits per heavy atom. The van der Waals surface area contributed by atoms with E-state index >= 15 is 0 Å². The SMILES string of the molecule is COc1ccc(N)c(Sc2ncc(C)cn2)n1. The van der Waals surface area contributed by atoms with Gasteiger partial charge in [-0.2, -0.15) is 0 Å². The lowest BCUT2D eigenvalue weighted by Gasteiger charge is -2.05. The van der Waals surface area contributed by atoms with Crippen molar-refractivity contribution >= 4 is 17.4 Å². The summed E-state index contributed by atoms with van der Waals surface area (Å²) in [5.41, 5.74) is 7.43. The van der Waals surface area contributed by atoms with E-state index in [2.05, 4.69) is 15.0 Å². The maximum Gasteiger partial charge on any atom is 0.214 e. The smallest absolute Gasteiger partial charge is 0.214 e. The van der Waals surface area contributed by atoms with Gasteiger partial charge in [0.25, 0.3) is 0 Å². The molecule has 5 nitrogen and oxygen atoms in total. The minimum atomic E-state index is 0.522. The fourth-order valence-corrected chi connectivity index (χ4v) is 1.85. The Labute approximate surface area is 103 Å². The van der Waals surface area contributed by atoms with Crippen molar-refractivity contribution in [1.82, 2.24) is 15.0 Å². The molecule has 0 amide bonds. The Morgan fingerprint density at radius 1 is 1.24 bits per heavy atom. The molecule has 0 bridgehead atoms. The minimum absolute atomic E-state index is 0.522. The number of pyridine rings is 1. The van der Waals surface area contributed by atoms with Crippen LogP contribution in [0.4, 0.5) is 5.69 Å². The predicted octanol–water partition coefficient (Wildman–Crippen LogP) is 1.92. The molecule has 6 heteroatoms. The van der Waals surface area contributed by atoms with Crippen molar-refractivity contribution in [2.75, 3.05) is 12.8 Å². The molecule has 0 aliphatic rings. The average Bonchev–Trinajstić information content (AvgIpc) is 2.35. The summed E-state index contributed by atoms with van der Waals surface area (Å²) in [5, 5.41) is 1.26. The number of nitrogen functional groups attached to an aromatic ring is 1. The second-order valence-corrected chi connectivity index (χ2v) is 4.35. The Kier molecular flexibility index (Phi) is 3.43. The summed E-state index contributed by atoms with van der Waals surface area (Å²) in [6, 6.07) is 3.47. The van der Waals surface area contributed by atoms with Crippen molar-refractivity contribution < 1.29 is 4.74 Å². The van der Waals surface area contributed by atoms with Gasteiger partial charge >= 0.3 is 0 Å². The van der Waals surface area contributed by atoms with Crippen LogP contribution >= 0.6 is 11.8 Å². The van der Waals surface area contributed by atoms with Crippen LogP contribution in [-0.2, 0) is 0 Å². The molecule has 0 atom stereocenters. The van der Waals surface area contributed by atoms with Gasteiger partial charge in [0.05, 0.1) is 12.8 Å². The average molecular weight is 248 g/mol. The molecule has 0 aliphatic heterocycles. The highest BCUT2D eigenvalue weighted by Crippen LogP contribution is 2.29. The Hall–Kier alpha value is -1.82. The zero-order valence-corrected chi connectivity index (χ0v) is 10.4. The van der Waals surface area contributed by atoms with Gasteiger partial charge in [0.15, 0.2) is 5.16 Å². The van der Waals surface area contributed by atoms with Gasteiger partial charge in [-0.15, -0.1) is 0 Å². The van der Waals surface area contributed by atoms with Gasteiger partial charge < -0.3 is 10.5 Å². The Balaban J connectivity index is 2.25. The molecule has 0 unspecified atom stereocenters. The molecular formula is C11H12N4OS. The number of nitrogens with zero attached hydrogens (tertiary/aromatic N) is 3. The van der Waals surface area contributed by atoms with Gasteiger partial charge in [-0.05, 0) is 30.3 Å². The van der Waals surface area contributed by atoms with Crippen LogP contribution in [0.2, 0.25) is 0 Å². The third-order valence-electron chi connectivity index (χ3n) is 2.02. The lowest BCUT2D eigenvalue weighted by molar-refractivity contribution is 0.395. The first-order valence-corrected chi connectivity index (χ1v) is 5.77. The summed E-state index contributed by atoms with van der Waals surface area (Å²) in [6.45, 7) is 1.94. The van der Waals surface area contributed by atoms with E-state index in [4.69, 9.17) is 10.5 Å². The molecular weight excluding hydrogens is 236 g/mol. The van der Waals surface area contributed by atoms with Gasteiger partial charge in [0.2, 0.25) is 5.88 Å². The first kappa shape index (κ1) is 11.7. The fourth-order valence-electron chi connectivity index (χ4n) is 1.15. The molecule has 0 fully saturated rings. The third-order valence-corrected chi connectivity index (χ3v) is 2.93. The predicted molar refractivity (Wildman–Crippen MR) is 66.1 cm³/mol. The molecule has 0 saturated heterocycles. The zero-order valence-electron chi connectivity index (χ0n) is 9.54. The molecule has 0 aliphatic carbocycles. The van der Waals surface area contributed by atoms with E-state index in [9.17, 15) is 0 Å². The molecule has 17 heavy (non-hydrogen) atoms. The van der Waals surface area contributed by atoms with Crippen LogP contribution in [0.15, 0.2) is 34.7 Å². The van der Waals surface area contributed by atoms with Crippen molar-refractivity contribution in [2.24, 2.45) is 0 Å². The number of ether oxygens (including phenoxy) is 1.